The van der Waals surface area contributed by atoms with Gasteiger partial charge < -0.3 is 4.98 Å². The van der Waals surface area contributed by atoms with E-state index < -0.39 is 0 Å². The predicted molar refractivity (Wildman–Crippen MR) is 95.2 cm³/mol. The van der Waals surface area contributed by atoms with E-state index >= 15 is 0 Å². The Hall–Kier alpha value is -3.21. The van der Waals surface area contributed by atoms with Crippen molar-refractivity contribution in [3.63, 3.8) is 0 Å². The number of pyridine rings is 1. The van der Waals surface area contributed by atoms with E-state index in [9.17, 15) is 0 Å². The number of rotatable bonds is 4. The Morgan fingerprint density at radius 1 is 1.12 bits per heavy atom. The second-order valence-corrected chi connectivity index (χ2v) is 5.72. The third-order valence-corrected chi connectivity index (χ3v) is 3.92. The summed E-state index contributed by atoms with van der Waals surface area (Å²) in [5.74, 6) is 0.870. The summed E-state index contributed by atoms with van der Waals surface area (Å²) in [4.78, 5) is 12.1. The highest BCUT2D eigenvalue weighted by Crippen LogP contribution is 2.19. The molecular formula is C19H17N5. The van der Waals surface area contributed by atoms with Crippen molar-refractivity contribution in [2.75, 3.05) is 0 Å². The highest BCUT2D eigenvalue weighted by atomic mass is 15.3. The molecule has 118 valence electrons. The standard InChI is InChI=1S/C19H17N5/c1-14(11-15-5-3-2-4-6-15)18-22-17-12-21-24(19(17)23-18)13-16-7-9-20-10-8-16/h2-12H,13H2,1H3,(H,22,23)/b14-11+. The minimum absolute atomic E-state index is 0.678. The van der Waals surface area contributed by atoms with Crippen molar-refractivity contribution >= 4 is 22.8 Å². The van der Waals surface area contributed by atoms with Crippen LogP contribution in [-0.2, 0) is 6.54 Å². The largest absolute Gasteiger partial charge is 0.336 e. The number of imidazole rings is 1. The first-order valence-electron chi connectivity index (χ1n) is 7.84. The Morgan fingerprint density at radius 2 is 1.92 bits per heavy atom. The summed E-state index contributed by atoms with van der Waals surface area (Å²) >= 11 is 0. The van der Waals surface area contributed by atoms with Gasteiger partial charge in [-0.15, -0.1) is 0 Å². The van der Waals surface area contributed by atoms with Gasteiger partial charge in [0, 0.05) is 12.4 Å². The number of benzene rings is 1. The number of H-pyrrole nitrogens is 1. The molecule has 24 heavy (non-hydrogen) atoms. The van der Waals surface area contributed by atoms with Gasteiger partial charge in [-0.05, 0) is 41.8 Å². The fourth-order valence-electron chi connectivity index (χ4n) is 2.68. The maximum absolute atomic E-state index is 4.73. The van der Waals surface area contributed by atoms with E-state index in [2.05, 4.69) is 40.2 Å². The zero-order valence-corrected chi connectivity index (χ0v) is 13.3. The van der Waals surface area contributed by atoms with Crippen LogP contribution in [0.1, 0.15) is 23.9 Å². The Bertz CT molecular complexity index is 980. The summed E-state index contributed by atoms with van der Waals surface area (Å²) in [7, 11) is 0. The van der Waals surface area contributed by atoms with E-state index in [1.165, 1.54) is 0 Å². The number of nitrogens with one attached hydrogen (secondary N) is 1. The molecule has 0 spiro atoms. The zero-order valence-electron chi connectivity index (χ0n) is 13.3. The van der Waals surface area contributed by atoms with Crippen LogP contribution in [0.2, 0.25) is 0 Å². The second-order valence-electron chi connectivity index (χ2n) is 5.72. The first-order valence-corrected chi connectivity index (χ1v) is 7.84. The number of hydrogen-bond acceptors (Lipinski definition) is 3. The molecule has 0 saturated carbocycles. The summed E-state index contributed by atoms with van der Waals surface area (Å²) < 4.78 is 1.90. The molecule has 1 N–H and O–H groups in total. The summed E-state index contributed by atoms with van der Waals surface area (Å²) in [5, 5.41) is 4.42. The van der Waals surface area contributed by atoms with Gasteiger partial charge in [-0.3, -0.25) is 4.98 Å². The molecule has 1 aromatic carbocycles. The van der Waals surface area contributed by atoms with E-state index in [1.807, 2.05) is 41.2 Å². The minimum Gasteiger partial charge on any atom is -0.336 e. The molecule has 0 bridgehead atoms. The summed E-state index contributed by atoms with van der Waals surface area (Å²) in [6, 6.07) is 14.2. The van der Waals surface area contributed by atoms with Gasteiger partial charge in [-0.2, -0.15) is 5.10 Å². The van der Waals surface area contributed by atoms with Gasteiger partial charge in [0.1, 0.15) is 11.3 Å². The summed E-state index contributed by atoms with van der Waals surface area (Å²) in [6.07, 6.45) is 7.53. The molecule has 3 heterocycles. The molecule has 0 atom stereocenters. The zero-order chi connectivity index (χ0) is 16.4. The Kier molecular flexibility index (Phi) is 3.67. The molecule has 5 nitrogen and oxygen atoms in total. The normalized spacial score (nSPS) is 12.0. The number of aromatic amines is 1. The van der Waals surface area contributed by atoms with Gasteiger partial charge in [0.05, 0.1) is 12.7 Å². The van der Waals surface area contributed by atoms with E-state index in [1.54, 1.807) is 12.4 Å². The highest BCUT2D eigenvalue weighted by molar-refractivity contribution is 5.81. The second kappa shape index (κ2) is 6.12. The number of nitrogens with zero attached hydrogens (tertiary/aromatic N) is 4. The van der Waals surface area contributed by atoms with Crippen molar-refractivity contribution in [2.24, 2.45) is 0 Å². The number of fused-ring (bicyclic) bond motifs is 1. The van der Waals surface area contributed by atoms with E-state index in [-0.39, 0.29) is 0 Å². The molecule has 4 aromatic rings. The van der Waals surface area contributed by atoms with Crippen LogP contribution in [0.4, 0.5) is 0 Å². The van der Waals surface area contributed by atoms with Crippen molar-refractivity contribution in [1.29, 1.82) is 0 Å². The van der Waals surface area contributed by atoms with Crippen molar-refractivity contribution in [3.05, 3.63) is 78.0 Å². The van der Waals surface area contributed by atoms with Gasteiger partial charge in [0.15, 0.2) is 5.65 Å². The Morgan fingerprint density at radius 3 is 2.71 bits per heavy atom. The van der Waals surface area contributed by atoms with Crippen LogP contribution in [0.3, 0.4) is 0 Å². The monoisotopic (exact) mass is 315 g/mol. The average Bonchev–Trinajstić information content (AvgIpc) is 3.19. The van der Waals surface area contributed by atoms with E-state index in [0.29, 0.717) is 6.54 Å². The molecule has 5 heteroatoms. The summed E-state index contributed by atoms with van der Waals surface area (Å²) in [6.45, 7) is 2.74. The lowest BCUT2D eigenvalue weighted by Gasteiger charge is -2.01. The molecule has 3 aromatic heterocycles. The average molecular weight is 315 g/mol. The van der Waals surface area contributed by atoms with Crippen LogP contribution in [0.5, 0.6) is 0 Å². The van der Waals surface area contributed by atoms with Gasteiger partial charge >= 0.3 is 0 Å². The molecule has 0 aliphatic rings. The molecule has 0 amide bonds. The van der Waals surface area contributed by atoms with Crippen LogP contribution in [0, 0.1) is 0 Å². The van der Waals surface area contributed by atoms with Crippen molar-refractivity contribution in [2.45, 2.75) is 13.5 Å². The van der Waals surface area contributed by atoms with Crippen molar-refractivity contribution in [1.82, 2.24) is 24.7 Å². The topological polar surface area (TPSA) is 59.4 Å². The maximum atomic E-state index is 4.73. The maximum Gasteiger partial charge on any atom is 0.177 e. The van der Waals surface area contributed by atoms with Crippen molar-refractivity contribution in [3.8, 4) is 0 Å². The first kappa shape index (κ1) is 14.4. The lowest BCUT2D eigenvalue weighted by Crippen LogP contribution is -2.02. The lowest BCUT2D eigenvalue weighted by molar-refractivity contribution is 0.703. The molecule has 4 rings (SSSR count). The third kappa shape index (κ3) is 2.84. The lowest BCUT2D eigenvalue weighted by atomic mass is 10.1. The molecule has 0 aliphatic carbocycles. The predicted octanol–water partition coefficient (Wildman–Crippen LogP) is 3.76. The number of hydrogen-bond donors (Lipinski definition) is 1. The Balaban J connectivity index is 1.66. The van der Waals surface area contributed by atoms with Gasteiger partial charge in [0.2, 0.25) is 0 Å². The Labute approximate surface area is 139 Å². The van der Waals surface area contributed by atoms with Crippen LogP contribution < -0.4 is 0 Å². The van der Waals surface area contributed by atoms with Gasteiger partial charge in [0.25, 0.3) is 0 Å². The number of allylic oxidation sites excluding steroid dienone is 1. The third-order valence-electron chi connectivity index (χ3n) is 3.92. The van der Waals surface area contributed by atoms with Crippen LogP contribution in [0.25, 0.3) is 22.8 Å². The minimum atomic E-state index is 0.678. The number of aromatic nitrogens is 5. The molecule has 0 fully saturated rings. The van der Waals surface area contributed by atoms with E-state index in [4.69, 9.17) is 4.98 Å². The quantitative estimate of drug-likeness (QED) is 0.624. The fourth-order valence-corrected chi connectivity index (χ4v) is 2.68. The molecule has 0 aliphatic heterocycles. The molecular weight excluding hydrogens is 298 g/mol. The molecule has 0 radical (unpaired) electrons. The SMILES string of the molecule is C/C(=C\c1ccccc1)c1nc2c(cnn2Cc2ccncc2)[nH]1. The van der Waals surface area contributed by atoms with E-state index in [0.717, 1.165) is 33.7 Å². The highest BCUT2D eigenvalue weighted by Gasteiger charge is 2.10. The van der Waals surface area contributed by atoms with Crippen molar-refractivity contribution < 1.29 is 0 Å². The van der Waals surface area contributed by atoms with Crippen LogP contribution >= 0.6 is 0 Å². The molecule has 0 saturated heterocycles. The van der Waals surface area contributed by atoms with Gasteiger partial charge in [-0.25, -0.2) is 9.67 Å². The summed E-state index contributed by atoms with van der Waals surface area (Å²) in [5.41, 5.74) is 5.21. The van der Waals surface area contributed by atoms with Crippen LogP contribution in [0.15, 0.2) is 61.1 Å². The van der Waals surface area contributed by atoms with Crippen LogP contribution in [-0.4, -0.2) is 24.7 Å². The fraction of sp³-hybridized carbons (Fsp3) is 0.105. The molecule has 0 unspecified atom stereocenters. The smallest absolute Gasteiger partial charge is 0.177 e. The van der Waals surface area contributed by atoms with Gasteiger partial charge in [-0.1, -0.05) is 30.3 Å². The first-order chi connectivity index (χ1) is 11.8.